The lowest BCUT2D eigenvalue weighted by molar-refractivity contribution is -0.138. The number of Topliss-reactive ketones (excluding diaryl/α,β-unsaturated/α-hetero) is 1. The van der Waals surface area contributed by atoms with Crippen molar-refractivity contribution in [2.75, 3.05) is 5.75 Å². The van der Waals surface area contributed by atoms with E-state index in [-0.39, 0.29) is 5.78 Å². The molecule has 1 aromatic carbocycles. The molecule has 4 heteroatoms. The summed E-state index contributed by atoms with van der Waals surface area (Å²) in [6, 6.07) is 7.35. The second-order valence-corrected chi connectivity index (χ2v) is 5.75. The molecule has 1 fully saturated rings. The van der Waals surface area contributed by atoms with E-state index in [9.17, 15) is 9.59 Å². The number of thioether (sulfide) groups is 1. The highest BCUT2D eigenvalue weighted by molar-refractivity contribution is 8.04. The van der Waals surface area contributed by atoms with E-state index in [1.807, 2.05) is 30.3 Å². The Kier molecular flexibility index (Phi) is 4.43. The van der Waals surface area contributed by atoms with Crippen molar-refractivity contribution in [2.24, 2.45) is 0 Å². The molecule has 1 N–H and O–H groups in total. The summed E-state index contributed by atoms with van der Waals surface area (Å²) in [5.74, 6) is -0.137. The van der Waals surface area contributed by atoms with E-state index in [1.165, 1.54) is 0 Å². The van der Waals surface area contributed by atoms with Gasteiger partial charge in [-0.2, -0.15) is 0 Å². The van der Waals surface area contributed by atoms with Crippen LogP contribution >= 0.6 is 11.8 Å². The Morgan fingerprint density at radius 1 is 1.37 bits per heavy atom. The van der Waals surface area contributed by atoms with Crippen LogP contribution in [0.5, 0.6) is 0 Å². The van der Waals surface area contributed by atoms with Crippen molar-refractivity contribution in [1.29, 1.82) is 0 Å². The molecule has 19 heavy (non-hydrogen) atoms. The molecule has 0 spiro atoms. The first-order valence-electron chi connectivity index (χ1n) is 6.28. The number of carbonyl (C=O) groups excluding carboxylic acids is 1. The molecule has 1 aromatic rings. The highest BCUT2D eigenvalue weighted by atomic mass is 32.2. The number of carboxylic acids is 1. The van der Waals surface area contributed by atoms with E-state index >= 15 is 0 Å². The summed E-state index contributed by atoms with van der Waals surface area (Å²) in [5.41, 5.74) is 1.72. The molecule has 0 aliphatic carbocycles. The number of carboxylic acid groups (broad SMARTS) is 1. The lowest BCUT2D eigenvalue weighted by Gasteiger charge is -2.12. The first-order chi connectivity index (χ1) is 9.08. The van der Waals surface area contributed by atoms with Gasteiger partial charge in [0.1, 0.15) is 0 Å². The van der Waals surface area contributed by atoms with Crippen molar-refractivity contribution >= 4 is 29.6 Å². The van der Waals surface area contributed by atoms with Gasteiger partial charge in [0.05, 0.1) is 10.8 Å². The third-order valence-electron chi connectivity index (χ3n) is 3.19. The van der Waals surface area contributed by atoms with Crippen molar-refractivity contribution in [3.05, 3.63) is 40.3 Å². The predicted octanol–water partition coefficient (Wildman–Crippen LogP) is 3.31. The van der Waals surface area contributed by atoms with Crippen LogP contribution in [0, 0.1) is 0 Å². The second-order valence-electron chi connectivity index (χ2n) is 4.61. The van der Waals surface area contributed by atoms with Crippen molar-refractivity contribution in [2.45, 2.75) is 25.7 Å². The zero-order valence-corrected chi connectivity index (χ0v) is 11.6. The fourth-order valence-corrected chi connectivity index (χ4v) is 2.91. The van der Waals surface area contributed by atoms with Gasteiger partial charge in [0.25, 0.3) is 0 Å². The number of hydrogen-bond acceptors (Lipinski definition) is 3. The van der Waals surface area contributed by atoms with Crippen LogP contribution in [-0.4, -0.2) is 22.6 Å². The molecule has 1 saturated heterocycles. The minimum absolute atomic E-state index is 0.208. The van der Waals surface area contributed by atoms with Crippen LogP contribution in [0.15, 0.2) is 29.2 Å². The van der Waals surface area contributed by atoms with E-state index in [0.717, 1.165) is 28.2 Å². The first-order valence-corrected chi connectivity index (χ1v) is 7.27. The van der Waals surface area contributed by atoms with Crippen LogP contribution in [0.3, 0.4) is 0 Å². The van der Waals surface area contributed by atoms with Crippen LogP contribution in [-0.2, 0) is 9.59 Å². The molecule has 0 bridgehead atoms. The molecular weight excluding hydrogens is 260 g/mol. The van der Waals surface area contributed by atoms with Gasteiger partial charge in [-0.15, -0.1) is 11.8 Å². The molecule has 100 valence electrons. The molecule has 1 heterocycles. The van der Waals surface area contributed by atoms with E-state index in [2.05, 4.69) is 0 Å². The molecule has 0 amide bonds. The molecule has 1 aliphatic rings. The number of hydrogen-bond donors (Lipinski definition) is 1. The summed E-state index contributed by atoms with van der Waals surface area (Å²) in [6.07, 6.45) is 3.48. The monoisotopic (exact) mass is 276 g/mol. The number of allylic oxidation sites excluding steroid dienone is 1. The van der Waals surface area contributed by atoms with Crippen molar-refractivity contribution in [3.8, 4) is 0 Å². The molecular formula is C15H16O3S. The standard InChI is InChI=1S/C15H16O3S/c1-10(15(17)18)12-6-4-11(5-7-12)9-14-13(16)3-2-8-19-14/h4-7,9-10H,2-3,8H2,1H3,(H,17,18). The van der Waals surface area contributed by atoms with Gasteiger partial charge in [-0.3, -0.25) is 9.59 Å². The smallest absolute Gasteiger partial charge is 0.310 e. The Bertz CT molecular complexity index is 517. The highest BCUT2D eigenvalue weighted by Crippen LogP contribution is 2.28. The van der Waals surface area contributed by atoms with E-state index < -0.39 is 11.9 Å². The Balaban J connectivity index is 2.16. The normalized spacial score (nSPS) is 19.4. The molecule has 1 atom stereocenters. The summed E-state index contributed by atoms with van der Waals surface area (Å²) in [6.45, 7) is 1.66. The maximum absolute atomic E-state index is 11.7. The van der Waals surface area contributed by atoms with Crippen LogP contribution in [0.1, 0.15) is 36.8 Å². The first kappa shape index (κ1) is 13.9. The van der Waals surface area contributed by atoms with Crippen molar-refractivity contribution < 1.29 is 14.7 Å². The Morgan fingerprint density at radius 3 is 2.63 bits per heavy atom. The fraction of sp³-hybridized carbons (Fsp3) is 0.333. The van der Waals surface area contributed by atoms with Crippen LogP contribution in [0.25, 0.3) is 6.08 Å². The highest BCUT2D eigenvalue weighted by Gasteiger charge is 2.16. The molecule has 1 aliphatic heterocycles. The third-order valence-corrected chi connectivity index (χ3v) is 4.33. The van der Waals surface area contributed by atoms with Crippen LogP contribution in [0.2, 0.25) is 0 Å². The second kappa shape index (κ2) is 6.06. The summed E-state index contributed by atoms with van der Waals surface area (Å²) >= 11 is 1.60. The summed E-state index contributed by atoms with van der Waals surface area (Å²) < 4.78 is 0. The third kappa shape index (κ3) is 3.47. The van der Waals surface area contributed by atoms with Crippen molar-refractivity contribution in [3.63, 3.8) is 0 Å². The maximum atomic E-state index is 11.7. The minimum Gasteiger partial charge on any atom is -0.481 e. The van der Waals surface area contributed by atoms with Gasteiger partial charge >= 0.3 is 5.97 Å². The van der Waals surface area contributed by atoms with Crippen LogP contribution in [0.4, 0.5) is 0 Å². The topological polar surface area (TPSA) is 54.4 Å². The molecule has 1 unspecified atom stereocenters. The largest absolute Gasteiger partial charge is 0.481 e. The number of ketones is 1. The van der Waals surface area contributed by atoms with E-state index in [4.69, 9.17) is 5.11 Å². The fourth-order valence-electron chi connectivity index (χ4n) is 1.92. The molecule has 0 aromatic heterocycles. The summed E-state index contributed by atoms with van der Waals surface area (Å²) in [4.78, 5) is 23.4. The number of benzene rings is 1. The average molecular weight is 276 g/mol. The SMILES string of the molecule is CC(C(=O)O)c1ccc(C=C2SCCCC2=O)cc1. The Hall–Kier alpha value is -1.55. The average Bonchev–Trinajstić information content (AvgIpc) is 2.41. The number of carbonyl (C=O) groups is 2. The summed E-state index contributed by atoms with van der Waals surface area (Å²) in [5, 5.41) is 8.94. The van der Waals surface area contributed by atoms with Gasteiger partial charge in [0, 0.05) is 6.42 Å². The molecule has 0 radical (unpaired) electrons. The number of aliphatic carboxylic acids is 1. The summed E-state index contributed by atoms with van der Waals surface area (Å²) in [7, 11) is 0. The Labute approximate surface area is 116 Å². The van der Waals surface area contributed by atoms with Crippen molar-refractivity contribution in [1.82, 2.24) is 0 Å². The molecule has 0 saturated carbocycles. The van der Waals surface area contributed by atoms with E-state index in [1.54, 1.807) is 18.7 Å². The zero-order valence-electron chi connectivity index (χ0n) is 10.8. The van der Waals surface area contributed by atoms with Gasteiger partial charge in [-0.05, 0) is 36.3 Å². The molecule has 2 rings (SSSR count). The van der Waals surface area contributed by atoms with Gasteiger partial charge in [-0.25, -0.2) is 0 Å². The number of rotatable bonds is 3. The maximum Gasteiger partial charge on any atom is 0.310 e. The quantitative estimate of drug-likeness (QED) is 0.860. The molecule has 3 nitrogen and oxygen atoms in total. The zero-order chi connectivity index (χ0) is 13.8. The predicted molar refractivity (Wildman–Crippen MR) is 77.2 cm³/mol. The van der Waals surface area contributed by atoms with Crippen LogP contribution < -0.4 is 0 Å². The van der Waals surface area contributed by atoms with E-state index in [0.29, 0.717) is 6.42 Å². The van der Waals surface area contributed by atoms with Gasteiger partial charge in [-0.1, -0.05) is 24.3 Å². The minimum atomic E-state index is -0.830. The van der Waals surface area contributed by atoms with Gasteiger partial charge < -0.3 is 5.11 Å². The Morgan fingerprint density at radius 2 is 2.05 bits per heavy atom. The van der Waals surface area contributed by atoms with Gasteiger partial charge in [0.15, 0.2) is 5.78 Å². The lowest BCUT2D eigenvalue weighted by atomic mass is 10.00. The van der Waals surface area contributed by atoms with Gasteiger partial charge in [0.2, 0.25) is 0 Å². The lowest BCUT2D eigenvalue weighted by Crippen LogP contribution is -2.07.